The fraction of sp³-hybridized carbons (Fsp3) is 0.417. The molecule has 0 fully saturated rings. The first-order valence-corrected chi connectivity index (χ1v) is 13.6. The molecular formula is C24H31Cl2FN4O4S. The minimum Gasteiger partial charge on any atom is -0.354 e. The number of nitrogens with one attached hydrogen (secondary N) is 1. The van der Waals surface area contributed by atoms with Crippen LogP contribution in [-0.4, -0.2) is 62.7 Å². The van der Waals surface area contributed by atoms with Crippen molar-refractivity contribution in [2.75, 3.05) is 31.5 Å². The van der Waals surface area contributed by atoms with E-state index in [-0.39, 0.29) is 28.7 Å². The van der Waals surface area contributed by atoms with Gasteiger partial charge in [0.2, 0.25) is 11.8 Å². The third kappa shape index (κ3) is 7.09. The molecule has 198 valence electrons. The molecule has 0 aliphatic rings. The van der Waals surface area contributed by atoms with Crippen LogP contribution in [0.3, 0.4) is 0 Å². The molecule has 2 rings (SSSR count). The lowest BCUT2D eigenvalue weighted by Gasteiger charge is -2.34. The van der Waals surface area contributed by atoms with Crippen LogP contribution >= 0.6 is 23.2 Å². The van der Waals surface area contributed by atoms with Crippen LogP contribution in [0, 0.1) is 5.82 Å². The molecule has 0 spiro atoms. The van der Waals surface area contributed by atoms with Gasteiger partial charge in [0, 0.05) is 42.8 Å². The molecule has 0 heterocycles. The van der Waals surface area contributed by atoms with E-state index in [9.17, 15) is 22.4 Å². The van der Waals surface area contributed by atoms with Crippen molar-refractivity contribution >= 4 is 50.9 Å². The van der Waals surface area contributed by atoms with E-state index in [0.717, 1.165) is 10.4 Å². The van der Waals surface area contributed by atoms with Gasteiger partial charge >= 0.3 is 10.2 Å². The average molecular weight is 562 g/mol. The maximum atomic E-state index is 14.7. The lowest BCUT2D eigenvalue weighted by molar-refractivity contribution is -0.140. The van der Waals surface area contributed by atoms with Gasteiger partial charge in [0.05, 0.1) is 5.69 Å². The predicted molar refractivity (Wildman–Crippen MR) is 141 cm³/mol. The molecule has 1 atom stereocenters. The van der Waals surface area contributed by atoms with Crippen LogP contribution in [0.5, 0.6) is 0 Å². The number of carbonyl (C=O) groups excluding carboxylic acids is 2. The molecule has 12 heteroatoms. The minimum absolute atomic E-state index is 0.150. The highest BCUT2D eigenvalue weighted by molar-refractivity contribution is 7.90. The summed E-state index contributed by atoms with van der Waals surface area (Å²) < 4.78 is 42.5. The molecule has 1 unspecified atom stereocenters. The number of halogens is 3. The molecule has 2 aromatic rings. The van der Waals surface area contributed by atoms with Crippen LogP contribution in [0.25, 0.3) is 0 Å². The van der Waals surface area contributed by atoms with Crippen LogP contribution in [0.15, 0.2) is 42.5 Å². The molecular weight excluding hydrogens is 530 g/mol. The fourth-order valence-electron chi connectivity index (χ4n) is 3.50. The largest absolute Gasteiger partial charge is 0.354 e. The van der Waals surface area contributed by atoms with Crippen LogP contribution in [0.2, 0.25) is 10.0 Å². The third-order valence-electron chi connectivity index (χ3n) is 5.47. The molecule has 8 nitrogen and oxygen atoms in total. The SMILES string of the molecule is CCCNC(=O)C(CC)N(Cc1c(Cl)cccc1Cl)C(=O)CN(c1ccccc1F)S(=O)(=O)N(C)C. The van der Waals surface area contributed by atoms with Gasteiger partial charge in [-0.3, -0.25) is 9.59 Å². The molecule has 0 saturated heterocycles. The van der Waals surface area contributed by atoms with E-state index in [0.29, 0.717) is 22.8 Å². The number of benzene rings is 2. The summed E-state index contributed by atoms with van der Waals surface area (Å²) in [7, 11) is -1.71. The zero-order valence-electron chi connectivity index (χ0n) is 20.7. The summed E-state index contributed by atoms with van der Waals surface area (Å²) in [5.74, 6) is -1.94. The van der Waals surface area contributed by atoms with Gasteiger partial charge in [-0.2, -0.15) is 12.7 Å². The van der Waals surface area contributed by atoms with E-state index >= 15 is 0 Å². The molecule has 0 radical (unpaired) electrons. The number of anilines is 1. The zero-order chi connectivity index (χ0) is 27.0. The Hall–Kier alpha value is -2.40. The van der Waals surface area contributed by atoms with Gasteiger partial charge in [-0.1, -0.05) is 55.2 Å². The summed E-state index contributed by atoms with van der Waals surface area (Å²) in [5, 5.41) is 3.35. The Bertz CT molecular complexity index is 1160. The smallest absolute Gasteiger partial charge is 0.304 e. The van der Waals surface area contributed by atoms with Gasteiger partial charge in [-0.25, -0.2) is 8.70 Å². The first-order chi connectivity index (χ1) is 16.9. The molecule has 0 aliphatic carbocycles. The zero-order valence-corrected chi connectivity index (χ0v) is 23.0. The van der Waals surface area contributed by atoms with Crippen molar-refractivity contribution in [2.45, 2.75) is 39.3 Å². The second kappa shape index (κ2) is 13.2. The van der Waals surface area contributed by atoms with E-state index in [4.69, 9.17) is 23.2 Å². The normalized spacial score (nSPS) is 12.3. The standard InChI is InChI=1S/C24H31Cl2FN4O4S/c1-5-14-28-24(33)21(6-2)30(15-17-18(25)10-9-11-19(17)26)23(32)16-31(36(34,35)29(3)4)22-13-8-7-12-20(22)27/h7-13,21H,5-6,14-16H2,1-4H3,(H,28,33). The van der Waals surface area contributed by atoms with Crippen LogP contribution < -0.4 is 9.62 Å². The summed E-state index contributed by atoms with van der Waals surface area (Å²) >= 11 is 12.7. The number of amides is 2. The van der Waals surface area contributed by atoms with Crippen molar-refractivity contribution in [3.63, 3.8) is 0 Å². The lowest BCUT2D eigenvalue weighted by atomic mass is 10.1. The Morgan fingerprint density at radius 2 is 1.64 bits per heavy atom. The predicted octanol–water partition coefficient (Wildman–Crippen LogP) is 4.08. The molecule has 1 N–H and O–H groups in total. The van der Waals surface area contributed by atoms with Gasteiger partial charge in [0.25, 0.3) is 0 Å². The van der Waals surface area contributed by atoms with Gasteiger partial charge in [0.15, 0.2) is 0 Å². The highest BCUT2D eigenvalue weighted by Gasteiger charge is 2.35. The monoisotopic (exact) mass is 560 g/mol. The van der Waals surface area contributed by atoms with Crippen molar-refractivity contribution < 1.29 is 22.4 Å². The maximum absolute atomic E-state index is 14.7. The summed E-state index contributed by atoms with van der Waals surface area (Å²) in [6.45, 7) is 3.13. The van der Waals surface area contributed by atoms with Crippen molar-refractivity contribution in [1.29, 1.82) is 0 Å². The summed E-state index contributed by atoms with van der Waals surface area (Å²) in [6, 6.07) is 9.16. The molecule has 2 amide bonds. The molecule has 0 saturated carbocycles. The Kier molecular flexibility index (Phi) is 11.0. The number of hydrogen-bond acceptors (Lipinski definition) is 4. The first-order valence-electron chi connectivity index (χ1n) is 11.4. The van der Waals surface area contributed by atoms with E-state index in [1.807, 2.05) is 6.92 Å². The van der Waals surface area contributed by atoms with Crippen molar-refractivity contribution in [3.05, 3.63) is 63.9 Å². The molecule has 36 heavy (non-hydrogen) atoms. The third-order valence-corrected chi connectivity index (χ3v) is 7.98. The molecule has 0 aliphatic heterocycles. The van der Waals surface area contributed by atoms with Crippen LogP contribution in [0.1, 0.15) is 32.3 Å². The van der Waals surface area contributed by atoms with Crippen molar-refractivity contribution in [3.8, 4) is 0 Å². The number of rotatable bonds is 12. The first kappa shape index (κ1) is 29.8. The highest BCUT2D eigenvalue weighted by atomic mass is 35.5. The Morgan fingerprint density at radius 1 is 1.03 bits per heavy atom. The van der Waals surface area contributed by atoms with E-state index in [1.165, 1.54) is 37.2 Å². The van der Waals surface area contributed by atoms with Gasteiger partial charge in [0.1, 0.15) is 18.4 Å². The van der Waals surface area contributed by atoms with Crippen molar-refractivity contribution in [1.82, 2.24) is 14.5 Å². The lowest BCUT2D eigenvalue weighted by Crippen LogP contribution is -2.53. The topological polar surface area (TPSA) is 90.0 Å². The Balaban J connectivity index is 2.56. The molecule has 0 aromatic heterocycles. The number of nitrogens with zero attached hydrogens (tertiary/aromatic N) is 3. The number of hydrogen-bond donors (Lipinski definition) is 1. The van der Waals surface area contributed by atoms with Crippen LogP contribution in [-0.2, 0) is 26.3 Å². The average Bonchev–Trinajstić information content (AvgIpc) is 2.83. The number of para-hydroxylation sites is 1. The summed E-state index contributed by atoms with van der Waals surface area (Å²) in [4.78, 5) is 27.9. The fourth-order valence-corrected chi connectivity index (χ4v) is 5.08. The maximum Gasteiger partial charge on any atom is 0.304 e. The van der Waals surface area contributed by atoms with Gasteiger partial charge in [-0.15, -0.1) is 0 Å². The van der Waals surface area contributed by atoms with E-state index in [2.05, 4.69) is 5.32 Å². The highest BCUT2D eigenvalue weighted by Crippen LogP contribution is 2.28. The Morgan fingerprint density at radius 3 is 2.17 bits per heavy atom. The van der Waals surface area contributed by atoms with E-state index in [1.54, 1.807) is 25.1 Å². The second-order valence-corrected chi connectivity index (χ2v) is 11.1. The van der Waals surface area contributed by atoms with Gasteiger partial charge in [-0.05, 0) is 37.1 Å². The van der Waals surface area contributed by atoms with Gasteiger partial charge < -0.3 is 10.2 Å². The van der Waals surface area contributed by atoms with E-state index < -0.39 is 40.4 Å². The Labute approximate surface area is 222 Å². The summed E-state index contributed by atoms with van der Waals surface area (Å²) in [5.41, 5.74) is 0.114. The van der Waals surface area contributed by atoms with Crippen LogP contribution in [0.4, 0.5) is 10.1 Å². The second-order valence-electron chi connectivity index (χ2n) is 8.19. The number of carbonyl (C=O) groups is 2. The van der Waals surface area contributed by atoms with Crippen molar-refractivity contribution in [2.24, 2.45) is 0 Å². The summed E-state index contributed by atoms with van der Waals surface area (Å²) in [6.07, 6.45) is 0.929. The molecule has 0 bridgehead atoms. The molecule has 2 aromatic carbocycles. The quantitative estimate of drug-likeness (QED) is 0.423. The minimum atomic E-state index is -4.27.